The van der Waals surface area contributed by atoms with E-state index in [0.29, 0.717) is 10.9 Å². The first-order chi connectivity index (χ1) is 22.9. The second-order valence-electron chi connectivity index (χ2n) is 10.0. The largest absolute Gasteiger partial charge is 0.480 e. The van der Waals surface area contributed by atoms with Gasteiger partial charge >= 0.3 is 18.3 Å². The van der Waals surface area contributed by atoms with E-state index < -0.39 is 52.2 Å². The molecule has 5 rings (SSSR count). The fourth-order valence-electron chi connectivity index (χ4n) is 4.53. The Morgan fingerprint density at radius 1 is 0.796 bits per heavy atom. The quantitative estimate of drug-likeness (QED) is 0.101. The molecule has 18 heteroatoms. The van der Waals surface area contributed by atoms with E-state index in [-0.39, 0.29) is 44.7 Å². The average molecular weight is 746 g/mol. The molecule has 0 saturated carbocycles. The Balaban J connectivity index is 0.000000380. The van der Waals surface area contributed by atoms with Crippen molar-refractivity contribution in [3.05, 3.63) is 110 Å². The number of nitrogens with two attached hydrogens (primary N) is 2. The van der Waals surface area contributed by atoms with E-state index >= 15 is 0 Å². The predicted octanol–water partition coefficient (Wildman–Crippen LogP) is 7.97. The smallest absolute Gasteiger partial charge is 0.419 e. The predicted molar refractivity (Wildman–Crippen MR) is 172 cm³/mol. The highest BCUT2D eigenvalue weighted by molar-refractivity contribution is 6.39. The number of anilines is 2. The molecule has 3 aromatic heterocycles. The summed E-state index contributed by atoms with van der Waals surface area (Å²) in [6.07, 6.45) is -7.99. The average Bonchev–Trinajstić information content (AvgIpc) is 2.99. The van der Waals surface area contributed by atoms with Gasteiger partial charge in [-0.1, -0.05) is 59.1 Å². The molecule has 256 valence electrons. The lowest BCUT2D eigenvalue weighted by Crippen LogP contribution is -2.42. The van der Waals surface area contributed by atoms with Crippen molar-refractivity contribution in [1.29, 1.82) is 0 Å². The molecule has 0 saturated heterocycles. The second-order valence-corrected chi connectivity index (χ2v) is 11.2. The molecule has 9 nitrogen and oxygen atoms in total. The van der Waals surface area contributed by atoms with Crippen molar-refractivity contribution in [3.63, 3.8) is 0 Å². The summed E-state index contributed by atoms with van der Waals surface area (Å²) in [5, 5.41) is 12.0. The minimum Gasteiger partial charge on any atom is -0.480 e. The van der Waals surface area contributed by atoms with Crippen LogP contribution >= 0.6 is 34.8 Å². The van der Waals surface area contributed by atoms with Crippen LogP contribution in [0.1, 0.15) is 27.0 Å². The molecule has 0 radical (unpaired) electrons. The monoisotopic (exact) mass is 744 g/mol. The molecule has 5 aromatic rings. The molecule has 6 N–H and O–H groups in total. The fourth-order valence-corrected chi connectivity index (χ4v) is 5.37. The standard InChI is InChI=1S/C25H17Cl2F3N4O3.C6H4ClF3N2/c26-16-4-1-5-17(27)20(16)23(35)33-18(24(36)37)11-12-6-7-14(21-13(12)3-2-10-32-21)22-15(25(28,29)30)8-9-19(31)34-22;7-5-3(6(8,9)10)1-2-4(11)12-5/h1-10,18H,11H2,(H2,31,34)(H,33,35)(H,36,37);1-2H,(H2,11,12)/t18-;/m0./s1. The van der Waals surface area contributed by atoms with E-state index in [4.69, 9.17) is 46.3 Å². The van der Waals surface area contributed by atoms with E-state index in [0.717, 1.165) is 24.3 Å². The zero-order valence-corrected chi connectivity index (χ0v) is 26.6. The number of rotatable bonds is 6. The lowest BCUT2D eigenvalue weighted by Gasteiger charge is -2.18. The number of carbonyl (C=O) groups excluding carboxylic acids is 1. The number of nitrogens with one attached hydrogen (secondary N) is 1. The van der Waals surface area contributed by atoms with Gasteiger partial charge in [0.2, 0.25) is 0 Å². The maximum Gasteiger partial charge on any atom is 0.419 e. The Kier molecular flexibility index (Phi) is 11.1. The Bertz CT molecular complexity index is 2030. The van der Waals surface area contributed by atoms with Crippen LogP contribution in [0.5, 0.6) is 0 Å². The van der Waals surface area contributed by atoms with Crippen LogP contribution in [-0.2, 0) is 23.6 Å². The highest BCUT2D eigenvalue weighted by atomic mass is 35.5. The Morgan fingerprint density at radius 2 is 1.39 bits per heavy atom. The fraction of sp³-hybridized carbons (Fsp3) is 0.129. The van der Waals surface area contributed by atoms with Gasteiger partial charge in [0, 0.05) is 23.6 Å². The van der Waals surface area contributed by atoms with E-state index in [9.17, 15) is 41.0 Å². The number of hydrogen-bond donors (Lipinski definition) is 4. The van der Waals surface area contributed by atoms with Gasteiger partial charge in [-0.15, -0.1) is 0 Å². The number of carboxylic acid groups (broad SMARTS) is 1. The number of pyridine rings is 3. The van der Waals surface area contributed by atoms with E-state index in [2.05, 4.69) is 20.3 Å². The highest BCUT2D eigenvalue weighted by Gasteiger charge is 2.36. The summed E-state index contributed by atoms with van der Waals surface area (Å²) < 4.78 is 77.1. The van der Waals surface area contributed by atoms with Crippen LogP contribution in [0.4, 0.5) is 38.0 Å². The van der Waals surface area contributed by atoms with Crippen molar-refractivity contribution in [2.75, 3.05) is 11.5 Å². The molecule has 3 heterocycles. The Hall–Kier alpha value is -4.86. The number of carboxylic acids is 1. The number of halogens is 9. The van der Waals surface area contributed by atoms with Crippen molar-refractivity contribution in [2.24, 2.45) is 0 Å². The van der Waals surface area contributed by atoms with Gasteiger partial charge in [-0.25, -0.2) is 14.8 Å². The molecule has 0 aliphatic heterocycles. The van der Waals surface area contributed by atoms with E-state index in [1.54, 1.807) is 12.1 Å². The number of aliphatic carboxylic acids is 1. The second kappa shape index (κ2) is 14.7. The summed E-state index contributed by atoms with van der Waals surface area (Å²) in [6.45, 7) is 0. The molecule has 0 spiro atoms. The maximum absolute atomic E-state index is 13.7. The van der Waals surface area contributed by atoms with Crippen LogP contribution in [0.3, 0.4) is 0 Å². The number of alkyl halides is 6. The third kappa shape index (κ3) is 8.79. The van der Waals surface area contributed by atoms with Crippen molar-refractivity contribution in [1.82, 2.24) is 20.3 Å². The highest BCUT2D eigenvalue weighted by Crippen LogP contribution is 2.39. The Labute approximate surface area is 287 Å². The molecule has 1 atom stereocenters. The summed E-state index contributed by atoms with van der Waals surface area (Å²) in [5.74, 6) is -2.27. The van der Waals surface area contributed by atoms with Gasteiger partial charge in [0.25, 0.3) is 5.91 Å². The molecular weight excluding hydrogens is 725 g/mol. The summed E-state index contributed by atoms with van der Waals surface area (Å²) in [6, 6.07) is 12.7. The lowest BCUT2D eigenvalue weighted by atomic mass is 9.95. The molecule has 49 heavy (non-hydrogen) atoms. The molecular formula is C31H21Cl3F6N6O3. The molecule has 0 aliphatic rings. The molecule has 0 aliphatic carbocycles. The number of hydrogen-bond acceptors (Lipinski definition) is 7. The zero-order chi connectivity index (χ0) is 36.3. The number of benzene rings is 2. The van der Waals surface area contributed by atoms with Crippen molar-refractivity contribution in [2.45, 2.75) is 24.8 Å². The van der Waals surface area contributed by atoms with Gasteiger partial charge in [0.05, 0.1) is 37.9 Å². The topological polar surface area (TPSA) is 157 Å². The molecule has 0 bridgehead atoms. The first kappa shape index (κ1) is 37.0. The molecule has 1 amide bonds. The van der Waals surface area contributed by atoms with Gasteiger partial charge in [0.1, 0.15) is 22.8 Å². The third-order valence-electron chi connectivity index (χ3n) is 6.73. The lowest BCUT2D eigenvalue weighted by molar-refractivity contribution is -0.139. The van der Waals surface area contributed by atoms with Crippen molar-refractivity contribution in [3.8, 4) is 11.3 Å². The van der Waals surface area contributed by atoms with Gasteiger partial charge in [-0.3, -0.25) is 9.78 Å². The van der Waals surface area contributed by atoms with Crippen LogP contribution in [0.15, 0.2) is 72.9 Å². The van der Waals surface area contributed by atoms with Crippen molar-refractivity contribution >= 4 is 69.2 Å². The van der Waals surface area contributed by atoms with Crippen LogP contribution in [0.25, 0.3) is 22.2 Å². The normalized spacial score (nSPS) is 12.2. The number of aromatic nitrogens is 3. The van der Waals surface area contributed by atoms with Crippen LogP contribution in [0, 0.1) is 0 Å². The molecule has 2 aromatic carbocycles. The minimum absolute atomic E-state index is 0.0343. The first-order valence-electron chi connectivity index (χ1n) is 13.6. The molecule has 0 fully saturated rings. The number of carbonyl (C=O) groups is 2. The van der Waals surface area contributed by atoms with Gasteiger partial charge in [0.15, 0.2) is 0 Å². The minimum atomic E-state index is -4.70. The van der Waals surface area contributed by atoms with E-state index in [1.807, 2.05) is 0 Å². The third-order valence-corrected chi connectivity index (χ3v) is 7.65. The summed E-state index contributed by atoms with van der Waals surface area (Å²) in [5.41, 5.74) is 8.98. The van der Waals surface area contributed by atoms with Crippen molar-refractivity contribution < 1.29 is 41.0 Å². The Morgan fingerprint density at radius 3 is 1.96 bits per heavy atom. The summed E-state index contributed by atoms with van der Waals surface area (Å²) >= 11 is 17.3. The van der Waals surface area contributed by atoms with Crippen LogP contribution < -0.4 is 16.8 Å². The van der Waals surface area contributed by atoms with Crippen LogP contribution in [-0.4, -0.2) is 38.0 Å². The van der Waals surface area contributed by atoms with Crippen LogP contribution in [0.2, 0.25) is 15.2 Å². The summed E-state index contributed by atoms with van der Waals surface area (Å²) in [4.78, 5) is 36.2. The SMILES string of the molecule is Nc1ccc(C(F)(F)F)c(-c2ccc(C[C@H](NC(=O)c3c(Cl)cccc3Cl)C(=O)O)c3cccnc23)n1.Nc1ccc(C(F)(F)F)c(Cl)n1. The van der Waals surface area contributed by atoms with E-state index in [1.165, 1.54) is 36.5 Å². The zero-order valence-electron chi connectivity index (χ0n) is 24.4. The number of nitrogen functional groups attached to an aromatic ring is 2. The van der Waals surface area contributed by atoms with Gasteiger partial charge in [-0.05, 0) is 48.0 Å². The van der Waals surface area contributed by atoms with Gasteiger partial charge < -0.3 is 21.9 Å². The maximum atomic E-state index is 13.7. The van der Waals surface area contributed by atoms with Gasteiger partial charge in [-0.2, -0.15) is 26.3 Å². The molecule has 0 unspecified atom stereocenters. The summed E-state index contributed by atoms with van der Waals surface area (Å²) in [7, 11) is 0. The first-order valence-corrected chi connectivity index (χ1v) is 14.7. The number of amides is 1. The number of nitrogens with zero attached hydrogens (tertiary/aromatic N) is 3. The number of fused-ring (bicyclic) bond motifs is 1.